The molecular weight excluding hydrogens is 132 g/mol. The fourth-order valence-corrected chi connectivity index (χ4v) is 0.730. The minimum absolute atomic E-state index is 0.773. The Morgan fingerprint density at radius 2 is 2.22 bits per heavy atom. The van der Waals surface area contributed by atoms with Crippen molar-refractivity contribution in [2.24, 2.45) is 5.73 Å². The van der Waals surface area contributed by atoms with E-state index in [-0.39, 0.29) is 0 Å². The highest BCUT2D eigenvalue weighted by Crippen LogP contribution is 1.68. The van der Waals surface area contributed by atoms with Crippen molar-refractivity contribution in [3.05, 3.63) is 0 Å². The molecule has 0 saturated carbocycles. The third kappa shape index (κ3) is 8.10. The van der Waals surface area contributed by atoms with E-state index >= 15 is 0 Å². The van der Waals surface area contributed by atoms with Gasteiger partial charge in [-0.05, 0) is 19.5 Å². The van der Waals surface area contributed by atoms with Gasteiger partial charge in [-0.2, -0.15) is 0 Å². The normalized spacial score (nSPS) is 10.3. The molecular formula is C5H16N2OSi. The molecule has 3 nitrogen and oxygen atoms in total. The predicted octanol–water partition coefficient (Wildman–Crippen LogP) is -1.78. The first-order valence-electron chi connectivity index (χ1n) is 3.31. The zero-order valence-electron chi connectivity index (χ0n) is 6.02. The van der Waals surface area contributed by atoms with E-state index in [4.69, 9.17) is 10.2 Å². The average molecular weight is 148 g/mol. The van der Waals surface area contributed by atoms with Gasteiger partial charge < -0.3 is 15.5 Å². The summed E-state index contributed by atoms with van der Waals surface area (Å²) in [7, 11) is 0.844. The van der Waals surface area contributed by atoms with E-state index in [1.54, 1.807) is 0 Å². The molecule has 0 atom stereocenters. The zero-order valence-corrected chi connectivity index (χ0v) is 8.02. The summed E-state index contributed by atoms with van der Waals surface area (Å²) in [5.74, 6) is 0. The number of hydrogen-bond donors (Lipinski definition) is 2. The Kier molecular flexibility index (Phi) is 8.18. The van der Waals surface area contributed by atoms with E-state index < -0.39 is 0 Å². The van der Waals surface area contributed by atoms with Gasteiger partial charge in [-0.1, -0.05) is 0 Å². The summed E-state index contributed by atoms with van der Waals surface area (Å²) in [5, 5.41) is 3.20. The van der Waals surface area contributed by atoms with Gasteiger partial charge in [-0.15, -0.1) is 0 Å². The fourth-order valence-electron chi connectivity index (χ4n) is 0.526. The summed E-state index contributed by atoms with van der Waals surface area (Å²) in [4.78, 5) is 0. The van der Waals surface area contributed by atoms with Crippen LogP contribution >= 0.6 is 0 Å². The van der Waals surface area contributed by atoms with Crippen molar-refractivity contribution in [1.82, 2.24) is 5.32 Å². The summed E-state index contributed by atoms with van der Waals surface area (Å²) < 4.78 is 4.97. The summed E-state index contributed by atoms with van der Waals surface area (Å²) in [5.41, 5.74) is 5.28. The van der Waals surface area contributed by atoms with Crippen LogP contribution < -0.4 is 11.1 Å². The van der Waals surface area contributed by atoms with Crippen LogP contribution in [0.25, 0.3) is 0 Å². The van der Waals surface area contributed by atoms with E-state index in [1.165, 1.54) is 0 Å². The number of nitrogens with two attached hydrogens (primary N) is 1. The molecule has 0 amide bonds. The van der Waals surface area contributed by atoms with Gasteiger partial charge in [-0.25, -0.2) is 0 Å². The lowest BCUT2D eigenvalue weighted by molar-refractivity contribution is 0.343. The molecule has 0 heterocycles. The van der Waals surface area contributed by atoms with Crippen LogP contribution in [0.2, 0.25) is 0 Å². The molecule has 0 radical (unpaired) electrons. The minimum atomic E-state index is 0.773. The molecule has 0 aliphatic heterocycles. The summed E-state index contributed by atoms with van der Waals surface area (Å²) in [6.45, 7) is 3.59. The second-order valence-corrected chi connectivity index (χ2v) is 2.46. The Balaban J connectivity index is 2.60. The summed E-state index contributed by atoms with van der Waals surface area (Å²) in [6, 6.07) is 0. The van der Waals surface area contributed by atoms with Crippen LogP contribution in [0.15, 0.2) is 0 Å². The van der Waals surface area contributed by atoms with Crippen LogP contribution in [0, 0.1) is 0 Å². The predicted molar refractivity (Wildman–Crippen MR) is 42.4 cm³/mol. The van der Waals surface area contributed by atoms with Gasteiger partial charge >= 0.3 is 0 Å². The average Bonchev–Trinajstić information content (AvgIpc) is 1.89. The molecule has 0 spiro atoms. The van der Waals surface area contributed by atoms with E-state index in [9.17, 15) is 0 Å². The molecule has 0 saturated heterocycles. The topological polar surface area (TPSA) is 47.3 Å². The number of hydrogen-bond acceptors (Lipinski definition) is 3. The lowest BCUT2D eigenvalue weighted by Crippen LogP contribution is -2.22. The molecule has 0 fully saturated rings. The monoisotopic (exact) mass is 148 g/mol. The van der Waals surface area contributed by atoms with Crippen LogP contribution in [0.4, 0.5) is 0 Å². The van der Waals surface area contributed by atoms with Gasteiger partial charge in [0, 0.05) is 13.2 Å². The maximum absolute atomic E-state index is 5.28. The molecule has 0 bridgehead atoms. The molecule has 9 heavy (non-hydrogen) atoms. The summed E-state index contributed by atoms with van der Waals surface area (Å²) >= 11 is 0. The van der Waals surface area contributed by atoms with Gasteiger partial charge in [0.15, 0.2) is 0 Å². The second-order valence-electron chi connectivity index (χ2n) is 1.89. The van der Waals surface area contributed by atoms with Crippen molar-refractivity contribution < 1.29 is 4.43 Å². The largest absolute Gasteiger partial charge is 0.427 e. The standard InChI is InChI=1S/C5H16N2OSi/c6-2-1-3-7-4-5-8-9/h7H,1-6H2,9H3. The molecule has 0 aliphatic rings. The first-order chi connectivity index (χ1) is 4.41. The Bertz CT molecular complexity index is 48.2. The quantitative estimate of drug-likeness (QED) is 0.346. The molecule has 0 aromatic carbocycles. The van der Waals surface area contributed by atoms with Gasteiger partial charge in [0.1, 0.15) is 10.5 Å². The van der Waals surface area contributed by atoms with Crippen molar-refractivity contribution in [1.29, 1.82) is 0 Å². The SMILES string of the molecule is NCCCNCCO[SiH3]. The molecule has 0 aliphatic carbocycles. The molecule has 0 unspecified atom stereocenters. The van der Waals surface area contributed by atoms with Crippen molar-refractivity contribution in [3.63, 3.8) is 0 Å². The Labute approximate surface area is 59.5 Å². The molecule has 0 rings (SSSR count). The van der Waals surface area contributed by atoms with E-state index in [0.717, 1.165) is 43.1 Å². The summed E-state index contributed by atoms with van der Waals surface area (Å²) in [6.07, 6.45) is 1.06. The van der Waals surface area contributed by atoms with E-state index in [0.29, 0.717) is 0 Å². The van der Waals surface area contributed by atoms with Crippen molar-refractivity contribution in [2.45, 2.75) is 6.42 Å². The Morgan fingerprint density at radius 1 is 1.44 bits per heavy atom. The minimum Gasteiger partial charge on any atom is -0.427 e. The third-order valence-electron chi connectivity index (χ3n) is 1.04. The van der Waals surface area contributed by atoms with Crippen molar-refractivity contribution in [3.8, 4) is 0 Å². The smallest absolute Gasteiger partial charge is 0.146 e. The van der Waals surface area contributed by atoms with Crippen LogP contribution in [0.5, 0.6) is 0 Å². The third-order valence-corrected chi connectivity index (χ3v) is 1.45. The molecule has 4 heteroatoms. The Hall–Kier alpha value is 0.0969. The molecule has 3 N–H and O–H groups in total. The second kappa shape index (κ2) is 8.10. The van der Waals surface area contributed by atoms with E-state index in [1.807, 2.05) is 0 Å². The first kappa shape index (κ1) is 9.10. The number of nitrogens with one attached hydrogen (secondary N) is 1. The maximum atomic E-state index is 5.28. The Morgan fingerprint density at radius 3 is 2.78 bits per heavy atom. The van der Waals surface area contributed by atoms with Crippen LogP contribution in [0.1, 0.15) is 6.42 Å². The number of rotatable bonds is 6. The highest BCUT2D eigenvalue weighted by atomic mass is 28.2. The van der Waals surface area contributed by atoms with Crippen LogP contribution in [-0.2, 0) is 4.43 Å². The van der Waals surface area contributed by atoms with Gasteiger partial charge in [0.25, 0.3) is 0 Å². The van der Waals surface area contributed by atoms with E-state index in [2.05, 4.69) is 5.32 Å². The van der Waals surface area contributed by atoms with Crippen molar-refractivity contribution >= 4 is 10.5 Å². The fraction of sp³-hybridized carbons (Fsp3) is 1.00. The maximum Gasteiger partial charge on any atom is 0.146 e. The van der Waals surface area contributed by atoms with Crippen molar-refractivity contribution in [2.75, 3.05) is 26.2 Å². The molecule has 56 valence electrons. The highest BCUT2D eigenvalue weighted by molar-refractivity contribution is 5.97. The molecule has 0 aromatic rings. The van der Waals surface area contributed by atoms with Gasteiger partial charge in [-0.3, -0.25) is 0 Å². The lowest BCUT2D eigenvalue weighted by Gasteiger charge is -2.00. The van der Waals surface area contributed by atoms with Gasteiger partial charge in [0.2, 0.25) is 0 Å². The lowest BCUT2D eigenvalue weighted by atomic mass is 10.4. The van der Waals surface area contributed by atoms with Crippen LogP contribution in [-0.4, -0.2) is 36.7 Å². The van der Waals surface area contributed by atoms with Gasteiger partial charge in [0.05, 0.1) is 0 Å². The zero-order chi connectivity index (χ0) is 6.95. The van der Waals surface area contributed by atoms with Crippen LogP contribution in [0.3, 0.4) is 0 Å². The first-order valence-corrected chi connectivity index (χ1v) is 4.13. The molecule has 0 aromatic heterocycles. The highest BCUT2D eigenvalue weighted by Gasteiger charge is 1.83.